The average Bonchev–Trinajstić information content (AvgIpc) is 3.05. The zero-order valence-corrected chi connectivity index (χ0v) is 16.3. The third-order valence-electron chi connectivity index (χ3n) is 4.14. The number of benzene rings is 1. The van der Waals surface area contributed by atoms with E-state index in [2.05, 4.69) is 16.4 Å². The maximum absolute atomic E-state index is 11.8. The van der Waals surface area contributed by atoms with E-state index in [0.29, 0.717) is 13.1 Å². The van der Waals surface area contributed by atoms with E-state index in [4.69, 9.17) is 19.9 Å². The summed E-state index contributed by atoms with van der Waals surface area (Å²) in [6.07, 6.45) is 1.72. The van der Waals surface area contributed by atoms with Crippen LogP contribution < -0.4 is 20.5 Å². The van der Waals surface area contributed by atoms with Gasteiger partial charge in [0, 0.05) is 43.4 Å². The molecule has 0 fully saturated rings. The lowest BCUT2D eigenvalue weighted by Gasteiger charge is -2.12. The molecule has 1 unspecified atom stereocenters. The number of carbonyl (C=O) groups is 1. The average molecular weight is 386 g/mol. The molecule has 7 nitrogen and oxygen atoms in total. The monoisotopic (exact) mass is 385 g/mol. The van der Waals surface area contributed by atoms with Gasteiger partial charge in [-0.2, -0.15) is 0 Å². The third-order valence-corrected chi connectivity index (χ3v) is 4.14. The summed E-state index contributed by atoms with van der Waals surface area (Å²) < 4.78 is 15.8. The summed E-state index contributed by atoms with van der Waals surface area (Å²) in [5.41, 5.74) is 7.58. The lowest BCUT2D eigenvalue weighted by atomic mass is 10.2. The summed E-state index contributed by atoms with van der Waals surface area (Å²) in [6.45, 7) is 0.944. The number of carbonyl (C=O) groups excluding carboxylic acids is 1. The van der Waals surface area contributed by atoms with Gasteiger partial charge in [-0.3, -0.25) is 4.79 Å². The van der Waals surface area contributed by atoms with E-state index in [9.17, 15) is 4.79 Å². The van der Waals surface area contributed by atoms with Crippen LogP contribution in [-0.4, -0.2) is 51.4 Å². The van der Waals surface area contributed by atoms with Crippen molar-refractivity contribution in [3.63, 3.8) is 0 Å². The van der Waals surface area contributed by atoms with Crippen LogP contribution in [0.25, 0.3) is 10.9 Å². The van der Waals surface area contributed by atoms with E-state index in [1.807, 2.05) is 12.1 Å². The minimum Gasteiger partial charge on any atom is -0.497 e. The van der Waals surface area contributed by atoms with Gasteiger partial charge in [0.1, 0.15) is 11.5 Å². The van der Waals surface area contributed by atoms with Crippen molar-refractivity contribution in [1.82, 2.24) is 10.3 Å². The molecule has 0 saturated heterocycles. The lowest BCUT2D eigenvalue weighted by molar-refractivity contribution is -0.123. The summed E-state index contributed by atoms with van der Waals surface area (Å²) in [7, 11) is 4.83. The largest absolute Gasteiger partial charge is 0.497 e. The number of rotatable bonds is 10. The van der Waals surface area contributed by atoms with E-state index < -0.39 is 0 Å². The maximum atomic E-state index is 11.8. The molecule has 146 valence electrons. The zero-order chi connectivity index (χ0) is 18.2. The predicted octanol–water partition coefficient (Wildman–Crippen LogP) is 2.02. The molecule has 8 heteroatoms. The molecule has 0 radical (unpaired) electrons. The van der Waals surface area contributed by atoms with Crippen molar-refractivity contribution < 1.29 is 19.0 Å². The molecule has 1 aromatic carbocycles. The van der Waals surface area contributed by atoms with Gasteiger partial charge >= 0.3 is 0 Å². The van der Waals surface area contributed by atoms with Crippen LogP contribution in [0.5, 0.6) is 11.5 Å². The zero-order valence-electron chi connectivity index (χ0n) is 15.5. The molecule has 1 atom stereocenters. The first-order valence-electron chi connectivity index (χ1n) is 8.34. The molecular formula is C18H28ClN3O4. The first-order chi connectivity index (χ1) is 12.1. The standard InChI is InChI=1S/C18H27N3O4.ClH/c1-23-13-8-16-15(17(9-13)25-3)7-12(21-16)5-4-6-20-18(22)10-14(11-19)24-2;/h7-9,14,21H,4-6,10-11,19H2,1-3H3,(H,20,22);1H. The number of halogens is 1. The summed E-state index contributed by atoms with van der Waals surface area (Å²) in [6, 6.07) is 5.88. The topological polar surface area (TPSA) is 98.6 Å². The second-order valence-corrected chi connectivity index (χ2v) is 5.84. The highest BCUT2D eigenvalue weighted by Crippen LogP contribution is 2.31. The quantitative estimate of drug-likeness (QED) is 0.543. The smallest absolute Gasteiger partial charge is 0.222 e. The van der Waals surface area contributed by atoms with Gasteiger partial charge in [-0.25, -0.2) is 0 Å². The normalized spacial score (nSPS) is 11.7. The molecule has 1 heterocycles. The Hall–Kier alpha value is -1.96. The third kappa shape index (κ3) is 5.79. The Morgan fingerprint density at radius 2 is 2.00 bits per heavy atom. The molecule has 2 aromatic rings. The van der Waals surface area contributed by atoms with Crippen molar-refractivity contribution in [3.8, 4) is 11.5 Å². The Morgan fingerprint density at radius 3 is 2.62 bits per heavy atom. The fourth-order valence-corrected chi connectivity index (χ4v) is 2.71. The van der Waals surface area contributed by atoms with Crippen molar-refractivity contribution >= 4 is 29.2 Å². The number of nitrogens with one attached hydrogen (secondary N) is 2. The van der Waals surface area contributed by atoms with Crippen molar-refractivity contribution in [1.29, 1.82) is 0 Å². The van der Waals surface area contributed by atoms with Crippen LogP contribution in [0.2, 0.25) is 0 Å². The fourth-order valence-electron chi connectivity index (χ4n) is 2.71. The van der Waals surface area contributed by atoms with Crippen LogP contribution in [0.3, 0.4) is 0 Å². The number of H-pyrrole nitrogens is 1. The van der Waals surface area contributed by atoms with Gasteiger partial charge in [-0.15, -0.1) is 12.4 Å². The van der Waals surface area contributed by atoms with Crippen LogP contribution >= 0.6 is 12.4 Å². The Morgan fingerprint density at radius 1 is 1.23 bits per heavy atom. The molecule has 0 spiro atoms. The number of amides is 1. The Labute approximate surface area is 160 Å². The number of aromatic amines is 1. The van der Waals surface area contributed by atoms with Gasteiger partial charge < -0.3 is 30.2 Å². The molecule has 2 rings (SSSR count). The SMILES string of the molecule is COc1cc(OC)c2cc(CCCNC(=O)CC(CN)OC)[nH]c2c1.Cl. The van der Waals surface area contributed by atoms with Crippen LogP contribution in [0, 0.1) is 0 Å². The number of hydrogen-bond acceptors (Lipinski definition) is 5. The summed E-state index contributed by atoms with van der Waals surface area (Å²) in [4.78, 5) is 15.2. The predicted molar refractivity (Wildman–Crippen MR) is 104 cm³/mol. The van der Waals surface area contributed by atoms with E-state index in [1.165, 1.54) is 0 Å². The highest BCUT2D eigenvalue weighted by atomic mass is 35.5. The first kappa shape index (κ1) is 22.1. The van der Waals surface area contributed by atoms with Gasteiger partial charge in [0.05, 0.1) is 32.3 Å². The van der Waals surface area contributed by atoms with Crippen molar-refractivity contribution in [2.75, 3.05) is 34.4 Å². The number of ether oxygens (including phenoxy) is 3. The number of fused-ring (bicyclic) bond motifs is 1. The Bertz CT molecular complexity index is 701. The van der Waals surface area contributed by atoms with E-state index in [1.54, 1.807) is 21.3 Å². The van der Waals surface area contributed by atoms with Crippen LogP contribution in [0.4, 0.5) is 0 Å². The number of aryl methyl sites for hydroxylation is 1. The number of hydrogen-bond donors (Lipinski definition) is 3. The highest BCUT2D eigenvalue weighted by molar-refractivity contribution is 5.88. The summed E-state index contributed by atoms with van der Waals surface area (Å²) >= 11 is 0. The summed E-state index contributed by atoms with van der Waals surface area (Å²) in [5, 5.41) is 3.92. The molecule has 26 heavy (non-hydrogen) atoms. The van der Waals surface area contributed by atoms with E-state index in [0.717, 1.165) is 40.9 Å². The van der Waals surface area contributed by atoms with Gasteiger partial charge in [0.15, 0.2) is 0 Å². The van der Waals surface area contributed by atoms with Crippen molar-refractivity contribution in [3.05, 3.63) is 23.9 Å². The van der Waals surface area contributed by atoms with Crippen LogP contribution in [0.15, 0.2) is 18.2 Å². The maximum Gasteiger partial charge on any atom is 0.222 e. The number of nitrogens with two attached hydrogens (primary N) is 1. The van der Waals surface area contributed by atoms with Gasteiger partial charge in [-0.05, 0) is 18.9 Å². The van der Waals surface area contributed by atoms with Gasteiger partial charge in [0.25, 0.3) is 0 Å². The molecule has 0 aliphatic rings. The fraction of sp³-hybridized carbons (Fsp3) is 0.500. The molecular weight excluding hydrogens is 358 g/mol. The van der Waals surface area contributed by atoms with Crippen LogP contribution in [-0.2, 0) is 16.0 Å². The first-order valence-corrected chi connectivity index (χ1v) is 8.34. The van der Waals surface area contributed by atoms with Crippen LogP contribution in [0.1, 0.15) is 18.5 Å². The Kier molecular flexibility index (Phi) is 9.26. The molecule has 0 saturated carbocycles. The highest BCUT2D eigenvalue weighted by Gasteiger charge is 2.11. The summed E-state index contributed by atoms with van der Waals surface area (Å²) in [5.74, 6) is 1.48. The molecule has 0 bridgehead atoms. The van der Waals surface area contributed by atoms with Crippen molar-refractivity contribution in [2.45, 2.75) is 25.4 Å². The molecule has 1 aromatic heterocycles. The van der Waals surface area contributed by atoms with Crippen molar-refractivity contribution in [2.24, 2.45) is 5.73 Å². The minimum atomic E-state index is -0.226. The molecule has 0 aliphatic heterocycles. The minimum absolute atomic E-state index is 0. The lowest BCUT2D eigenvalue weighted by Crippen LogP contribution is -2.32. The number of aromatic nitrogens is 1. The molecule has 1 amide bonds. The van der Waals surface area contributed by atoms with E-state index >= 15 is 0 Å². The second kappa shape index (κ2) is 10.9. The molecule has 0 aliphatic carbocycles. The second-order valence-electron chi connectivity index (χ2n) is 5.84. The van der Waals surface area contributed by atoms with Gasteiger partial charge in [0.2, 0.25) is 5.91 Å². The Balaban J connectivity index is 0.00000338. The van der Waals surface area contributed by atoms with E-state index in [-0.39, 0.29) is 30.8 Å². The molecule has 4 N–H and O–H groups in total. The number of methoxy groups -OCH3 is 3. The van der Waals surface area contributed by atoms with Gasteiger partial charge in [-0.1, -0.05) is 0 Å².